The van der Waals surface area contributed by atoms with Crippen LogP contribution in [0.25, 0.3) is 11.3 Å². The lowest BCUT2D eigenvalue weighted by Crippen LogP contribution is -2.36. The van der Waals surface area contributed by atoms with Crippen molar-refractivity contribution in [3.8, 4) is 17.3 Å². The van der Waals surface area contributed by atoms with E-state index in [0.717, 1.165) is 16.0 Å². The van der Waals surface area contributed by atoms with Crippen molar-refractivity contribution in [2.24, 2.45) is 0 Å². The third kappa shape index (κ3) is 5.24. The molecule has 1 aliphatic heterocycles. The predicted molar refractivity (Wildman–Crippen MR) is 118 cm³/mol. The van der Waals surface area contributed by atoms with Crippen molar-refractivity contribution in [1.29, 1.82) is 5.26 Å². The van der Waals surface area contributed by atoms with E-state index >= 15 is 0 Å². The zero-order valence-corrected chi connectivity index (χ0v) is 16.7. The number of amides is 1. The average molecular weight is 418 g/mol. The van der Waals surface area contributed by atoms with Gasteiger partial charge in [-0.25, -0.2) is 9.97 Å². The molecule has 4 rings (SSSR count). The lowest BCUT2D eigenvalue weighted by Gasteiger charge is -2.28. The molecule has 2 heterocycles. The molecule has 7 heteroatoms. The van der Waals surface area contributed by atoms with Crippen molar-refractivity contribution in [2.45, 2.75) is 6.42 Å². The summed E-state index contributed by atoms with van der Waals surface area (Å²) in [6, 6.07) is 17.6. The number of aromatic nitrogens is 2. The van der Waals surface area contributed by atoms with E-state index in [1.54, 1.807) is 48.7 Å². The quantitative estimate of drug-likeness (QED) is 0.620. The highest BCUT2D eigenvalue weighted by Crippen LogP contribution is 2.20. The van der Waals surface area contributed by atoms with E-state index < -0.39 is 13.0 Å². The smallest absolute Gasteiger partial charge is 0.252 e. The molecule has 0 spiro atoms. The maximum Gasteiger partial charge on any atom is 0.252 e. The largest absolute Gasteiger partial charge is 0.378 e. The number of nitriles is 1. The number of hydrogen-bond donors (Lipinski definition) is 1. The molecule has 0 radical (unpaired) electrons. The Labute approximate surface area is 186 Å². The molecule has 0 aliphatic carbocycles. The normalized spacial score (nSPS) is 18.6. The number of rotatable bonds is 6. The van der Waals surface area contributed by atoms with Gasteiger partial charge in [0.05, 0.1) is 30.5 Å². The molecule has 1 aromatic heterocycles. The van der Waals surface area contributed by atoms with E-state index in [0.29, 0.717) is 29.2 Å². The van der Waals surface area contributed by atoms with E-state index in [-0.39, 0.29) is 25.7 Å². The predicted octanol–water partition coefficient (Wildman–Crippen LogP) is 2.82. The van der Waals surface area contributed by atoms with Crippen LogP contribution in [0.3, 0.4) is 0 Å². The molecular formula is C24H23N5O2. The highest BCUT2D eigenvalue weighted by molar-refractivity contribution is 5.94. The first kappa shape index (κ1) is 16.0. The van der Waals surface area contributed by atoms with E-state index in [4.69, 9.17) is 15.5 Å². The van der Waals surface area contributed by atoms with Crippen LogP contribution in [0, 0.1) is 11.3 Å². The summed E-state index contributed by atoms with van der Waals surface area (Å²) in [5.41, 5.74) is 3.29. The van der Waals surface area contributed by atoms with Gasteiger partial charge in [-0.3, -0.25) is 4.79 Å². The van der Waals surface area contributed by atoms with Crippen molar-refractivity contribution in [2.75, 3.05) is 37.7 Å². The second kappa shape index (κ2) is 9.83. The van der Waals surface area contributed by atoms with Crippen molar-refractivity contribution < 1.29 is 15.0 Å². The third-order valence-electron chi connectivity index (χ3n) is 4.68. The first-order valence-corrected chi connectivity index (χ1v) is 9.74. The molecule has 31 heavy (non-hydrogen) atoms. The number of carbonyl (C=O) groups is 1. The molecule has 7 nitrogen and oxygen atoms in total. The van der Waals surface area contributed by atoms with Crippen LogP contribution in [0.15, 0.2) is 60.8 Å². The van der Waals surface area contributed by atoms with Crippen molar-refractivity contribution in [1.82, 2.24) is 15.3 Å². The van der Waals surface area contributed by atoms with Crippen LogP contribution in [0.1, 0.15) is 27.2 Å². The van der Waals surface area contributed by atoms with Gasteiger partial charge >= 0.3 is 0 Å². The Morgan fingerprint density at radius 3 is 2.58 bits per heavy atom. The Morgan fingerprint density at radius 2 is 1.87 bits per heavy atom. The molecule has 0 atom stereocenters. The molecule has 1 fully saturated rings. The molecule has 0 bridgehead atoms. The average Bonchev–Trinajstić information content (AvgIpc) is 2.83. The van der Waals surface area contributed by atoms with Crippen molar-refractivity contribution >= 4 is 11.6 Å². The lowest BCUT2D eigenvalue weighted by molar-refractivity contribution is 0.0958. The highest BCUT2D eigenvalue weighted by atomic mass is 16.5. The molecule has 156 valence electrons. The first-order chi connectivity index (χ1) is 16.7. The lowest BCUT2D eigenvalue weighted by atomic mass is 10.1. The van der Waals surface area contributed by atoms with Crippen LogP contribution in [0.4, 0.5) is 5.69 Å². The van der Waals surface area contributed by atoms with Gasteiger partial charge in [0, 0.05) is 42.4 Å². The summed E-state index contributed by atoms with van der Waals surface area (Å²) in [4.78, 5) is 22.1. The fraction of sp³-hybridized carbons (Fsp3) is 0.250. The molecule has 1 N–H and O–H groups in total. The second-order valence-electron chi connectivity index (χ2n) is 6.76. The Kier molecular flexibility index (Phi) is 5.07. The molecule has 1 aliphatic rings. The summed E-state index contributed by atoms with van der Waals surface area (Å²) in [5.74, 6) is 0.270. The van der Waals surface area contributed by atoms with Gasteiger partial charge < -0.3 is 15.0 Å². The van der Waals surface area contributed by atoms with E-state index in [9.17, 15) is 4.79 Å². The summed E-state index contributed by atoms with van der Waals surface area (Å²) in [6.45, 7) is -4.40. The van der Waals surface area contributed by atoms with Gasteiger partial charge in [-0.2, -0.15) is 5.26 Å². The van der Waals surface area contributed by atoms with Gasteiger partial charge in [0.1, 0.15) is 12.4 Å². The van der Waals surface area contributed by atoms with Crippen LogP contribution in [-0.4, -0.2) is 48.6 Å². The zero-order chi connectivity index (χ0) is 25.1. The standard InChI is InChI=1S/C24H23N5O2/c25-10-12-27-24(30)20-5-3-19(4-6-20)22-9-11-26-23(28-22)17-18-1-7-21(8-2-18)29-13-15-31-16-14-29/h1-9,11H,12-17H2,(H,27,30)/i13D2,14D2. The van der Waals surface area contributed by atoms with Crippen LogP contribution < -0.4 is 10.2 Å². The maximum atomic E-state index is 12.0. The highest BCUT2D eigenvalue weighted by Gasteiger charge is 2.11. The van der Waals surface area contributed by atoms with Crippen molar-refractivity contribution in [3.05, 3.63) is 77.7 Å². The molecule has 3 aromatic rings. The number of nitrogens with one attached hydrogen (secondary N) is 1. The molecule has 0 saturated carbocycles. The summed E-state index contributed by atoms with van der Waals surface area (Å²) in [5, 5.41) is 11.1. The Bertz CT molecular complexity index is 1230. The van der Waals surface area contributed by atoms with Crippen LogP contribution in [-0.2, 0) is 11.2 Å². The number of carbonyl (C=O) groups excluding carboxylic acids is 1. The fourth-order valence-electron chi connectivity index (χ4n) is 3.11. The number of hydrogen-bond acceptors (Lipinski definition) is 6. The summed E-state index contributed by atoms with van der Waals surface area (Å²) in [6.07, 6.45) is 2.10. The van der Waals surface area contributed by atoms with E-state index in [1.807, 2.05) is 18.2 Å². The minimum absolute atomic E-state index is 0.0521. The minimum Gasteiger partial charge on any atom is -0.378 e. The molecule has 1 amide bonds. The fourth-order valence-corrected chi connectivity index (χ4v) is 3.11. The minimum atomic E-state index is -1.97. The summed E-state index contributed by atoms with van der Waals surface area (Å²) in [7, 11) is 0. The number of benzene rings is 2. The molecular weight excluding hydrogens is 390 g/mol. The Balaban J connectivity index is 1.48. The molecule has 0 unspecified atom stereocenters. The van der Waals surface area contributed by atoms with E-state index in [2.05, 4.69) is 15.3 Å². The number of nitrogens with zero attached hydrogens (tertiary/aromatic N) is 4. The van der Waals surface area contributed by atoms with Crippen LogP contribution in [0.5, 0.6) is 0 Å². The van der Waals surface area contributed by atoms with Crippen LogP contribution >= 0.6 is 0 Å². The maximum absolute atomic E-state index is 12.0. The zero-order valence-electron chi connectivity index (χ0n) is 20.7. The van der Waals surface area contributed by atoms with Gasteiger partial charge in [-0.15, -0.1) is 0 Å². The monoisotopic (exact) mass is 417 g/mol. The van der Waals surface area contributed by atoms with E-state index in [1.165, 1.54) is 0 Å². The van der Waals surface area contributed by atoms with Gasteiger partial charge in [0.15, 0.2) is 0 Å². The van der Waals surface area contributed by atoms with Gasteiger partial charge in [-0.05, 0) is 35.9 Å². The summed E-state index contributed by atoms with van der Waals surface area (Å²) < 4.78 is 37.7. The second-order valence-corrected chi connectivity index (χ2v) is 6.76. The first-order valence-electron chi connectivity index (χ1n) is 11.7. The van der Waals surface area contributed by atoms with Crippen molar-refractivity contribution in [3.63, 3.8) is 0 Å². The third-order valence-corrected chi connectivity index (χ3v) is 4.68. The van der Waals surface area contributed by atoms with Gasteiger partial charge in [0.2, 0.25) is 0 Å². The Hall–Kier alpha value is -3.76. The number of anilines is 1. The number of morpholine rings is 1. The Morgan fingerprint density at radius 1 is 1.13 bits per heavy atom. The summed E-state index contributed by atoms with van der Waals surface area (Å²) >= 11 is 0. The molecule has 2 aromatic carbocycles. The number of ether oxygens (including phenoxy) is 1. The van der Waals surface area contributed by atoms with Crippen LogP contribution in [0.2, 0.25) is 0 Å². The molecule has 1 saturated heterocycles. The van der Waals surface area contributed by atoms with Gasteiger partial charge in [-0.1, -0.05) is 24.3 Å². The SMILES string of the molecule is [2H]C1([2H])COCC([2H])([2H])N1c1ccc(Cc2nccc(-c3ccc(C(=O)NCC#N)cc3)n2)cc1. The topological polar surface area (TPSA) is 91.1 Å². The van der Waals surface area contributed by atoms with Gasteiger partial charge in [0.25, 0.3) is 5.91 Å².